The number of piperidine rings is 1. The highest BCUT2D eigenvalue weighted by atomic mass is 35.5. The van der Waals surface area contributed by atoms with Gasteiger partial charge in [-0.3, -0.25) is 4.79 Å². The van der Waals surface area contributed by atoms with Crippen molar-refractivity contribution < 1.29 is 13.7 Å². The monoisotopic (exact) mass is 365 g/mol. The van der Waals surface area contributed by atoms with E-state index in [0.29, 0.717) is 43.1 Å². The molecule has 2 heterocycles. The van der Waals surface area contributed by atoms with E-state index in [1.807, 2.05) is 4.90 Å². The zero-order chi connectivity index (χ0) is 17.6. The Labute approximate surface area is 151 Å². The summed E-state index contributed by atoms with van der Waals surface area (Å²) in [6.07, 6.45) is 3.77. The van der Waals surface area contributed by atoms with Gasteiger partial charge in [0.1, 0.15) is 5.82 Å². The molecule has 1 saturated heterocycles. The SMILES string of the molecule is O=C(CCCCl)N1CCCC(Cc2nc(-c3ccccc3F)no2)C1. The molecule has 1 fully saturated rings. The summed E-state index contributed by atoms with van der Waals surface area (Å²) in [6.45, 7) is 1.49. The second kappa shape index (κ2) is 8.43. The Morgan fingerprint density at radius 2 is 2.24 bits per heavy atom. The molecule has 5 nitrogen and oxygen atoms in total. The van der Waals surface area contributed by atoms with Crippen LogP contribution in [0.3, 0.4) is 0 Å². The number of rotatable bonds is 6. The smallest absolute Gasteiger partial charge is 0.227 e. The van der Waals surface area contributed by atoms with Crippen LogP contribution in [0.2, 0.25) is 0 Å². The predicted octanol–water partition coefficient (Wildman–Crippen LogP) is 3.68. The highest BCUT2D eigenvalue weighted by Crippen LogP contribution is 2.24. The normalized spacial score (nSPS) is 17.7. The van der Waals surface area contributed by atoms with Crippen LogP contribution in [-0.4, -0.2) is 39.9 Å². The molecule has 2 aromatic rings. The van der Waals surface area contributed by atoms with Crippen LogP contribution in [0.15, 0.2) is 28.8 Å². The van der Waals surface area contributed by atoms with Crippen molar-refractivity contribution in [3.8, 4) is 11.4 Å². The van der Waals surface area contributed by atoms with E-state index < -0.39 is 0 Å². The van der Waals surface area contributed by atoms with Gasteiger partial charge in [0.15, 0.2) is 0 Å². The maximum absolute atomic E-state index is 13.8. The minimum Gasteiger partial charge on any atom is -0.342 e. The van der Waals surface area contributed by atoms with Gasteiger partial charge in [0, 0.05) is 31.8 Å². The molecule has 0 N–H and O–H groups in total. The third-order valence-corrected chi connectivity index (χ3v) is 4.71. The number of halogens is 2. The van der Waals surface area contributed by atoms with Gasteiger partial charge in [0.05, 0.1) is 5.56 Å². The Morgan fingerprint density at radius 3 is 3.04 bits per heavy atom. The molecule has 0 spiro atoms. The van der Waals surface area contributed by atoms with E-state index in [1.165, 1.54) is 6.07 Å². The van der Waals surface area contributed by atoms with Gasteiger partial charge in [0.25, 0.3) is 0 Å². The summed E-state index contributed by atoms with van der Waals surface area (Å²) < 4.78 is 19.1. The third kappa shape index (κ3) is 4.57. The van der Waals surface area contributed by atoms with Gasteiger partial charge >= 0.3 is 0 Å². The Hall–Kier alpha value is -1.95. The van der Waals surface area contributed by atoms with E-state index in [2.05, 4.69) is 10.1 Å². The first kappa shape index (κ1) is 17.9. The van der Waals surface area contributed by atoms with Crippen molar-refractivity contribution in [3.63, 3.8) is 0 Å². The van der Waals surface area contributed by atoms with Gasteiger partial charge in [-0.15, -0.1) is 11.6 Å². The fourth-order valence-corrected chi connectivity index (χ4v) is 3.30. The molecule has 0 bridgehead atoms. The Bertz CT molecular complexity index is 722. The average molecular weight is 366 g/mol. The molecule has 7 heteroatoms. The van der Waals surface area contributed by atoms with Crippen LogP contribution < -0.4 is 0 Å². The topological polar surface area (TPSA) is 59.2 Å². The summed E-state index contributed by atoms with van der Waals surface area (Å²) in [7, 11) is 0. The summed E-state index contributed by atoms with van der Waals surface area (Å²) in [5.74, 6) is 1.32. The second-order valence-corrected chi connectivity index (χ2v) is 6.71. The molecule has 25 heavy (non-hydrogen) atoms. The molecule has 1 atom stereocenters. The molecule has 1 aliphatic heterocycles. The van der Waals surface area contributed by atoms with E-state index in [-0.39, 0.29) is 23.5 Å². The van der Waals surface area contributed by atoms with Crippen LogP contribution in [0.1, 0.15) is 31.6 Å². The molecule has 0 radical (unpaired) electrons. The number of carbonyl (C=O) groups is 1. The van der Waals surface area contributed by atoms with Gasteiger partial charge in [-0.1, -0.05) is 17.3 Å². The highest BCUT2D eigenvalue weighted by Gasteiger charge is 2.25. The number of amides is 1. The van der Waals surface area contributed by atoms with Gasteiger partial charge in [0.2, 0.25) is 17.6 Å². The minimum atomic E-state index is -0.372. The number of hydrogen-bond acceptors (Lipinski definition) is 4. The zero-order valence-corrected chi connectivity index (χ0v) is 14.7. The van der Waals surface area contributed by atoms with Crippen LogP contribution >= 0.6 is 11.6 Å². The number of aromatic nitrogens is 2. The maximum atomic E-state index is 13.8. The second-order valence-electron chi connectivity index (χ2n) is 6.34. The molecule has 3 rings (SSSR count). The maximum Gasteiger partial charge on any atom is 0.227 e. The van der Waals surface area contributed by atoms with Crippen LogP contribution in [0.4, 0.5) is 4.39 Å². The van der Waals surface area contributed by atoms with E-state index in [9.17, 15) is 9.18 Å². The van der Waals surface area contributed by atoms with E-state index in [4.69, 9.17) is 16.1 Å². The largest absolute Gasteiger partial charge is 0.342 e. The summed E-state index contributed by atoms with van der Waals surface area (Å²) in [5.41, 5.74) is 0.332. The van der Waals surface area contributed by atoms with Crippen LogP contribution in [0, 0.1) is 11.7 Å². The highest BCUT2D eigenvalue weighted by molar-refractivity contribution is 6.17. The molecule has 1 amide bonds. The molecule has 134 valence electrons. The fourth-order valence-electron chi connectivity index (χ4n) is 3.17. The van der Waals surface area contributed by atoms with Crippen molar-refractivity contribution in [1.29, 1.82) is 0 Å². The lowest BCUT2D eigenvalue weighted by atomic mass is 9.94. The number of carbonyl (C=O) groups excluding carboxylic acids is 1. The molecule has 1 aliphatic rings. The molecular formula is C18H21ClFN3O2. The summed E-state index contributed by atoms with van der Waals surface area (Å²) in [4.78, 5) is 18.4. The van der Waals surface area contributed by atoms with Crippen molar-refractivity contribution in [1.82, 2.24) is 15.0 Å². The number of nitrogens with zero attached hydrogens (tertiary/aromatic N) is 3. The van der Waals surface area contributed by atoms with Crippen molar-refractivity contribution in [2.75, 3.05) is 19.0 Å². The average Bonchev–Trinajstić information content (AvgIpc) is 3.08. The van der Waals surface area contributed by atoms with Crippen molar-refractivity contribution in [2.24, 2.45) is 5.92 Å². The predicted molar refractivity (Wildman–Crippen MR) is 92.7 cm³/mol. The van der Waals surface area contributed by atoms with Crippen LogP contribution in [0.5, 0.6) is 0 Å². The molecule has 1 aromatic carbocycles. The van der Waals surface area contributed by atoms with E-state index in [0.717, 1.165) is 19.4 Å². The van der Waals surface area contributed by atoms with Crippen molar-refractivity contribution >= 4 is 17.5 Å². The molecule has 1 unspecified atom stereocenters. The van der Waals surface area contributed by atoms with Crippen LogP contribution in [-0.2, 0) is 11.2 Å². The number of hydrogen-bond donors (Lipinski definition) is 0. The summed E-state index contributed by atoms with van der Waals surface area (Å²) >= 11 is 5.66. The van der Waals surface area contributed by atoms with Crippen molar-refractivity contribution in [2.45, 2.75) is 32.1 Å². The first-order valence-corrected chi connectivity index (χ1v) is 9.12. The molecule has 1 aromatic heterocycles. The lowest BCUT2D eigenvalue weighted by Gasteiger charge is -2.32. The van der Waals surface area contributed by atoms with Gasteiger partial charge in [-0.2, -0.15) is 4.98 Å². The Balaban J connectivity index is 1.61. The standard InChI is InChI=1S/C18H21ClFN3O2/c19-9-3-8-17(24)23-10-4-5-13(12-23)11-16-21-18(22-25-16)14-6-1-2-7-15(14)20/h1-2,6-7,13H,3-5,8-12H2. The van der Waals surface area contributed by atoms with Crippen LogP contribution in [0.25, 0.3) is 11.4 Å². The number of benzene rings is 1. The first-order chi connectivity index (χ1) is 12.2. The number of likely N-dealkylation sites (tertiary alicyclic amines) is 1. The number of alkyl halides is 1. The van der Waals surface area contributed by atoms with Gasteiger partial charge < -0.3 is 9.42 Å². The summed E-state index contributed by atoms with van der Waals surface area (Å²) in [5, 5.41) is 3.89. The first-order valence-electron chi connectivity index (χ1n) is 8.58. The van der Waals surface area contributed by atoms with E-state index in [1.54, 1.807) is 18.2 Å². The third-order valence-electron chi connectivity index (χ3n) is 4.44. The lowest BCUT2D eigenvalue weighted by Crippen LogP contribution is -2.40. The lowest BCUT2D eigenvalue weighted by molar-refractivity contribution is -0.133. The fraction of sp³-hybridized carbons (Fsp3) is 0.500. The quantitative estimate of drug-likeness (QED) is 0.733. The molecule has 0 aliphatic carbocycles. The summed E-state index contributed by atoms with van der Waals surface area (Å²) in [6, 6.07) is 6.36. The van der Waals surface area contributed by atoms with Gasteiger partial charge in [-0.05, 0) is 37.3 Å². The van der Waals surface area contributed by atoms with Gasteiger partial charge in [-0.25, -0.2) is 4.39 Å². The van der Waals surface area contributed by atoms with Crippen molar-refractivity contribution in [3.05, 3.63) is 36.0 Å². The Morgan fingerprint density at radius 1 is 1.40 bits per heavy atom. The van der Waals surface area contributed by atoms with E-state index >= 15 is 0 Å². The minimum absolute atomic E-state index is 0.155. The molecule has 0 saturated carbocycles. The zero-order valence-electron chi connectivity index (χ0n) is 14.0. The Kier molecular flexibility index (Phi) is 6.02. The molecular weight excluding hydrogens is 345 g/mol.